The van der Waals surface area contributed by atoms with Crippen molar-refractivity contribution in [2.75, 3.05) is 19.8 Å². The summed E-state index contributed by atoms with van der Waals surface area (Å²) in [6, 6.07) is 0. The molecule has 0 aromatic heterocycles. The van der Waals surface area contributed by atoms with Crippen molar-refractivity contribution in [2.24, 2.45) is 17.3 Å². The van der Waals surface area contributed by atoms with E-state index >= 15 is 0 Å². The van der Waals surface area contributed by atoms with Gasteiger partial charge < -0.3 is 14.2 Å². The molecule has 0 unspecified atom stereocenters. The lowest BCUT2D eigenvalue weighted by molar-refractivity contribution is -0.297. The highest BCUT2D eigenvalue weighted by molar-refractivity contribution is 4.98. The van der Waals surface area contributed by atoms with Gasteiger partial charge in [-0.25, -0.2) is 0 Å². The van der Waals surface area contributed by atoms with E-state index < -0.39 is 0 Å². The standard InChI is InChI=1S/C15H26O3/c1-4-16-13-5-11-7-15(8-12(11)6-13)17-9-14(2,3)10-18-15/h11-13H,4-10H2,1-3H3/t11-,12+,13+. The van der Waals surface area contributed by atoms with Gasteiger partial charge >= 0.3 is 0 Å². The summed E-state index contributed by atoms with van der Waals surface area (Å²) < 4.78 is 18.0. The van der Waals surface area contributed by atoms with Crippen LogP contribution >= 0.6 is 0 Å². The third kappa shape index (κ3) is 2.33. The Hall–Kier alpha value is -0.120. The van der Waals surface area contributed by atoms with Gasteiger partial charge in [0.05, 0.1) is 19.3 Å². The van der Waals surface area contributed by atoms with Crippen LogP contribution in [-0.2, 0) is 14.2 Å². The Bertz CT molecular complexity index is 287. The molecule has 1 aliphatic heterocycles. The lowest BCUT2D eigenvalue weighted by atomic mass is 9.94. The molecule has 18 heavy (non-hydrogen) atoms. The maximum Gasteiger partial charge on any atom is 0.168 e. The molecule has 1 saturated heterocycles. The Morgan fingerprint density at radius 2 is 1.61 bits per heavy atom. The third-order valence-corrected chi connectivity index (χ3v) is 4.80. The van der Waals surface area contributed by atoms with Crippen LogP contribution in [0.2, 0.25) is 0 Å². The number of rotatable bonds is 2. The lowest BCUT2D eigenvalue weighted by Gasteiger charge is -2.42. The Morgan fingerprint density at radius 3 is 2.11 bits per heavy atom. The molecule has 3 aliphatic rings. The van der Waals surface area contributed by atoms with Crippen molar-refractivity contribution in [1.82, 2.24) is 0 Å². The van der Waals surface area contributed by atoms with Gasteiger partial charge in [0.25, 0.3) is 0 Å². The van der Waals surface area contributed by atoms with Crippen LogP contribution in [0.25, 0.3) is 0 Å². The fourth-order valence-corrected chi connectivity index (χ4v) is 3.88. The van der Waals surface area contributed by atoms with E-state index in [1.54, 1.807) is 0 Å². The largest absolute Gasteiger partial charge is 0.378 e. The number of hydrogen-bond acceptors (Lipinski definition) is 3. The quantitative estimate of drug-likeness (QED) is 0.758. The highest BCUT2D eigenvalue weighted by Crippen LogP contribution is 2.53. The van der Waals surface area contributed by atoms with Gasteiger partial charge in [0.1, 0.15) is 0 Å². The molecule has 0 radical (unpaired) electrons. The summed E-state index contributed by atoms with van der Waals surface area (Å²) in [7, 11) is 0. The first-order valence-electron chi connectivity index (χ1n) is 7.41. The summed E-state index contributed by atoms with van der Waals surface area (Å²) in [4.78, 5) is 0. The molecule has 0 bridgehead atoms. The first kappa shape index (κ1) is 12.9. The smallest absolute Gasteiger partial charge is 0.168 e. The summed E-state index contributed by atoms with van der Waals surface area (Å²) in [5.74, 6) is 1.26. The fraction of sp³-hybridized carbons (Fsp3) is 1.00. The van der Waals surface area contributed by atoms with Crippen LogP contribution in [0.4, 0.5) is 0 Å². The molecule has 104 valence electrons. The lowest BCUT2D eigenvalue weighted by Crippen LogP contribution is -2.46. The minimum absolute atomic E-state index is 0.177. The summed E-state index contributed by atoms with van der Waals surface area (Å²) in [5.41, 5.74) is 0.177. The van der Waals surface area contributed by atoms with E-state index in [2.05, 4.69) is 20.8 Å². The van der Waals surface area contributed by atoms with Crippen molar-refractivity contribution >= 4 is 0 Å². The molecule has 3 atom stereocenters. The van der Waals surface area contributed by atoms with E-state index in [-0.39, 0.29) is 11.2 Å². The van der Waals surface area contributed by atoms with Gasteiger partial charge in [0.15, 0.2) is 5.79 Å². The maximum atomic E-state index is 6.11. The molecule has 3 rings (SSSR count). The first-order chi connectivity index (χ1) is 8.52. The minimum Gasteiger partial charge on any atom is -0.378 e. The van der Waals surface area contributed by atoms with E-state index in [4.69, 9.17) is 14.2 Å². The molecule has 1 spiro atoms. The van der Waals surface area contributed by atoms with Crippen molar-refractivity contribution in [3.05, 3.63) is 0 Å². The second kappa shape index (κ2) is 4.46. The normalized spacial score (nSPS) is 41.2. The molecular formula is C15H26O3. The molecule has 2 saturated carbocycles. The topological polar surface area (TPSA) is 27.7 Å². The summed E-state index contributed by atoms with van der Waals surface area (Å²) in [6.45, 7) is 9.02. The van der Waals surface area contributed by atoms with Crippen LogP contribution < -0.4 is 0 Å². The molecule has 2 aliphatic carbocycles. The summed E-state index contributed by atoms with van der Waals surface area (Å²) in [5, 5.41) is 0. The van der Waals surface area contributed by atoms with Gasteiger partial charge in [-0.2, -0.15) is 0 Å². The van der Waals surface area contributed by atoms with Gasteiger partial charge in [-0.1, -0.05) is 13.8 Å². The minimum atomic E-state index is -0.248. The fourth-order valence-electron chi connectivity index (χ4n) is 3.88. The molecule has 3 nitrogen and oxygen atoms in total. The SMILES string of the molecule is CCO[C@H]1C[C@@H]2CC3(C[C@@H]2C1)OCC(C)(C)CO3. The van der Waals surface area contributed by atoms with E-state index in [9.17, 15) is 0 Å². The van der Waals surface area contributed by atoms with Gasteiger partial charge in [-0.3, -0.25) is 0 Å². The second-order valence-electron chi connectivity index (χ2n) is 7.13. The van der Waals surface area contributed by atoms with Crippen LogP contribution in [0.3, 0.4) is 0 Å². The average Bonchev–Trinajstić information content (AvgIpc) is 2.79. The van der Waals surface area contributed by atoms with E-state index in [1.165, 1.54) is 12.8 Å². The molecular weight excluding hydrogens is 228 g/mol. The predicted octanol–water partition coefficient (Wildman–Crippen LogP) is 2.98. The zero-order chi connectivity index (χ0) is 12.8. The van der Waals surface area contributed by atoms with Crippen LogP contribution in [0.5, 0.6) is 0 Å². The monoisotopic (exact) mass is 254 g/mol. The Kier molecular flexibility index (Phi) is 3.20. The van der Waals surface area contributed by atoms with Crippen LogP contribution in [0.1, 0.15) is 46.5 Å². The van der Waals surface area contributed by atoms with Gasteiger partial charge in [0.2, 0.25) is 0 Å². The molecule has 3 heteroatoms. The van der Waals surface area contributed by atoms with Crippen LogP contribution in [0, 0.1) is 17.3 Å². The Labute approximate surface area is 110 Å². The van der Waals surface area contributed by atoms with Crippen LogP contribution in [0.15, 0.2) is 0 Å². The Balaban J connectivity index is 1.58. The zero-order valence-electron chi connectivity index (χ0n) is 11.9. The Morgan fingerprint density at radius 1 is 1.06 bits per heavy atom. The van der Waals surface area contributed by atoms with Crippen molar-refractivity contribution in [3.63, 3.8) is 0 Å². The third-order valence-electron chi connectivity index (χ3n) is 4.80. The summed E-state index contributed by atoms with van der Waals surface area (Å²) in [6.07, 6.45) is 5.06. The van der Waals surface area contributed by atoms with Crippen molar-refractivity contribution in [3.8, 4) is 0 Å². The summed E-state index contributed by atoms with van der Waals surface area (Å²) >= 11 is 0. The maximum absolute atomic E-state index is 6.11. The van der Waals surface area contributed by atoms with Gasteiger partial charge in [0, 0.05) is 24.9 Å². The number of ether oxygens (including phenoxy) is 3. The van der Waals surface area contributed by atoms with E-state index in [0.29, 0.717) is 6.10 Å². The van der Waals surface area contributed by atoms with Gasteiger partial charge in [-0.05, 0) is 31.6 Å². The van der Waals surface area contributed by atoms with E-state index in [0.717, 1.165) is 44.5 Å². The molecule has 0 aromatic rings. The number of hydrogen-bond donors (Lipinski definition) is 0. The first-order valence-corrected chi connectivity index (χ1v) is 7.41. The van der Waals surface area contributed by atoms with Gasteiger partial charge in [-0.15, -0.1) is 0 Å². The molecule has 0 aromatic carbocycles. The van der Waals surface area contributed by atoms with Crippen molar-refractivity contribution < 1.29 is 14.2 Å². The highest BCUT2D eigenvalue weighted by atomic mass is 16.7. The molecule has 1 heterocycles. The van der Waals surface area contributed by atoms with E-state index in [1.807, 2.05) is 0 Å². The molecule has 0 amide bonds. The highest BCUT2D eigenvalue weighted by Gasteiger charge is 2.53. The molecule has 0 N–H and O–H groups in total. The number of fused-ring (bicyclic) bond motifs is 1. The predicted molar refractivity (Wildman–Crippen MR) is 69.3 cm³/mol. The van der Waals surface area contributed by atoms with Crippen molar-refractivity contribution in [1.29, 1.82) is 0 Å². The second-order valence-corrected chi connectivity index (χ2v) is 7.13. The average molecular weight is 254 g/mol. The van der Waals surface area contributed by atoms with Crippen molar-refractivity contribution in [2.45, 2.75) is 58.3 Å². The van der Waals surface area contributed by atoms with Crippen LogP contribution in [-0.4, -0.2) is 31.7 Å². The zero-order valence-corrected chi connectivity index (χ0v) is 11.9. The molecule has 3 fully saturated rings.